The summed E-state index contributed by atoms with van der Waals surface area (Å²) in [7, 11) is 2.13. The highest BCUT2D eigenvalue weighted by Gasteiger charge is 2.19. The number of nitrogens with zero attached hydrogens (tertiary/aromatic N) is 4. The number of carboxylic acids is 1. The van der Waals surface area contributed by atoms with Gasteiger partial charge in [0.25, 0.3) is 0 Å². The predicted molar refractivity (Wildman–Crippen MR) is 115 cm³/mol. The molecule has 29 heavy (non-hydrogen) atoms. The van der Waals surface area contributed by atoms with Crippen LogP contribution in [0, 0.1) is 6.92 Å². The van der Waals surface area contributed by atoms with Gasteiger partial charge in [0.1, 0.15) is 11.4 Å². The zero-order chi connectivity index (χ0) is 20.4. The van der Waals surface area contributed by atoms with Crippen molar-refractivity contribution in [1.29, 1.82) is 0 Å². The number of carbonyl (C=O) groups is 1. The Balaban J connectivity index is 1.66. The average molecular weight is 391 g/mol. The van der Waals surface area contributed by atoms with Gasteiger partial charge < -0.3 is 20.2 Å². The van der Waals surface area contributed by atoms with Crippen LogP contribution in [0.15, 0.2) is 42.7 Å². The maximum atomic E-state index is 11.8. The molecule has 0 unspecified atom stereocenters. The quantitative estimate of drug-likeness (QED) is 0.692. The number of aromatic carboxylic acids is 1. The molecule has 1 aromatic carbocycles. The van der Waals surface area contributed by atoms with Crippen LogP contribution < -0.4 is 10.2 Å². The van der Waals surface area contributed by atoms with E-state index in [0.29, 0.717) is 12.2 Å². The maximum Gasteiger partial charge on any atom is 0.339 e. The van der Waals surface area contributed by atoms with E-state index in [2.05, 4.69) is 32.1 Å². The SMILES string of the molecule is Cc1ccc2ncc(C(=O)O)c(NCc3cccnc3N3CCN(C)CC3)c2c1. The Morgan fingerprint density at radius 2 is 1.97 bits per heavy atom. The Morgan fingerprint density at radius 3 is 2.72 bits per heavy atom. The Kier molecular flexibility index (Phi) is 5.31. The molecule has 150 valence electrons. The van der Waals surface area contributed by atoms with E-state index in [4.69, 9.17) is 0 Å². The third kappa shape index (κ3) is 4.00. The number of benzene rings is 1. The van der Waals surface area contributed by atoms with Crippen molar-refractivity contribution in [1.82, 2.24) is 14.9 Å². The normalized spacial score (nSPS) is 14.9. The van der Waals surface area contributed by atoms with Crippen LogP contribution in [0.2, 0.25) is 0 Å². The lowest BCUT2D eigenvalue weighted by atomic mass is 10.1. The van der Waals surface area contributed by atoms with Gasteiger partial charge in [0.05, 0.1) is 11.2 Å². The predicted octanol–water partition coefficient (Wildman–Crippen LogP) is 3.00. The van der Waals surface area contributed by atoms with Crippen LogP contribution >= 0.6 is 0 Å². The molecule has 1 saturated heterocycles. The van der Waals surface area contributed by atoms with E-state index < -0.39 is 5.97 Å². The third-order valence-corrected chi connectivity index (χ3v) is 5.38. The number of likely N-dealkylation sites (N-methyl/N-ethyl adjacent to an activating group) is 1. The summed E-state index contributed by atoms with van der Waals surface area (Å²) in [5.41, 5.74) is 3.65. The van der Waals surface area contributed by atoms with Gasteiger partial charge in [-0.25, -0.2) is 9.78 Å². The smallest absolute Gasteiger partial charge is 0.339 e. The minimum absolute atomic E-state index is 0.174. The van der Waals surface area contributed by atoms with E-state index in [1.165, 1.54) is 6.20 Å². The van der Waals surface area contributed by atoms with E-state index in [9.17, 15) is 9.90 Å². The summed E-state index contributed by atoms with van der Waals surface area (Å²) in [4.78, 5) is 25.3. The minimum Gasteiger partial charge on any atom is -0.478 e. The molecule has 3 aromatic rings. The van der Waals surface area contributed by atoms with Crippen molar-refractivity contribution in [2.45, 2.75) is 13.5 Å². The molecule has 1 aliphatic heterocycles. The second-order valence-corrected chi connectivity index (χ2v) is 7.50. The fraction of sp³-hybridized carbons (Fsp3) is 0.318. The van der Waals surface area contributed by atoms with Crippen LogP contribution in [0.1, 0.15) is 21.5 Å². The first-order valence-corrected chi connectivity index (χ1v) is 9.77. The van der Waals surface area contributed by atoms with Crippen molar-refractivity contribution >= 4 is 28.4 Å². The summed E-state index contributed by atoms with van der Waals surface area (Å²) in [6, 6.07) is 9.83. The highest BCUT2D eigenvalue weighted by Crippen LogP contribution is 2.28. The van der Waals surface area contributed by atoms with Crippen molar-refractivity contribution in [2.24, 2.45) is 0 Å². The largest absolute Gasteiger partial charge is 0.478 e. The molecule has 0 atom stereocenters. The van der Waals surface area contributed by atoms with Crippen molar-refractivity contribution in [3.8, 4) is 0 Å². The van der Waals surface area contributed by atoms with Gasteiger partial charge in [0.15, 0.2) is 0 Å². The van der Waals surface area contributed by atoms with Crippen molar-refractivity contribution in [3.63, 3.8) is 0 Å². The molecule has 0 bridgehead atoms. The summed E-state index contributed by atoms with van der Waals surface area (Å²) >= 11 is 0. The van der Waals surface area contributed by atoms with Crippen LogP contribution in [0.25, 0.3) is 10.9 Å². The Bertz CT molecular complexity index is 1040. The molecule has 0 spiro atoms. The number of nitrogens with one attached hydrogen (secondary N) is 1. The zero-order valence-corrected chi connectivity index (χ0v) is 16.7. The number of aryl methyl sites for hydroxylation is 1. The number of hydrogen-bond donors (Lipinski definition) is 2. The van der Waals surface area contributed by atoms with Gasteiger partial charge in [-0.1, -0.05) is 17.7 Å². The van der Waals surface area contributed by atoms with E-state index in [0.717, 1.165) is 54.0 Å². The topological polar surface area (TPSA) is 81.6 Å². The van der Waals surface area contributed by atoms with Crippen LogP contribution in [-0.2, 0) is 6.54 Å². The van der Waals surface area contributed by atoms with Crippen LogP contribution in [-0.4, -0.2) is 59.2 Å². The molecule has 2 aromatic heterocycles. The second kappa shape index (κ2) is 8.05. The first-order valence-electron chi connectivity index (χ1n) is 9.77. The number of aromatic nitrogens is 2. The molecule has 1 fully saturated rings. The van der Waals surface area contributed by atoms with Gasteiger partial charge >= 0.3 is 5.97 Å². The number of rotatable bonds is 5. The van der Waals surface area contributed by atoms with Crippen LogP contribution in [0.5, 0.6) is 0 Å². The molecule has 0 aliphatic carbocycles. The first kappa shape index (κ1) is 19.1. The lowest BCUT2D eigenvalue weighted by Gasteiger charge is -2.34. The third-order valence-electron chi connectivity index (χ3n) is 5.38. The number of fused-ring (bicyclic) bond motifs is 1. The molecule has 7 nitrogen and oxygen atoms in total. The lowest BCUT2D eigenvalue weighted by Crippen LogP contribution is -2.45. The Labute approximate surface area is 170 Å². The number of piperazine rings is 1. The molecule has 7 heteroatoms. The molecule has 0 radical (unpaired) electrons. The number of pyridine rings is 2. The minimum atomic E-state index is -0.992. The number of hydrogen-bond acceptors (Lipinski definition) is 6. The number of carboxylic acid groups (broad SMARTS) is 1. The maximum absolute atomic E-state index is 11.8. The summed E-state index contributed by atoms with van der Waals surface area (Å²) in [5, 5.41) is 13.9. The van der Waals surface area contributed by atoms with Gasteiger partial charge in [-0.15, -0.1) is 0 Å². The summed E-state index contributed by atoms with van der Waals surface area (Å²) in [6.45, 7) is 6.34. The molecule has 3 heterocycles. The second-order valence-electron chi connectivity index (χ2n) is 7.50. The van der Waals surface area contributed by atoms with Gasteiger partial charge in [-0.3, -0.25) is 4.98 Å². The average Bonchev–Trinajstić information content (AvgIpc) is 2.72. The first-order chi connectivity index (χ1) is 14.0. The van der Waals surface area contributed by atoms with Crippen LogP contribution in [0.4, 0.5) is 11.5 Å². The molecule has 2 N–H and O–H groups in total. The molecular weight excluding hydrogens is 366 g/mol. The fourth-order valence-corrected chi connectivity index (χ4v) is 3.71. The van der Waals surface area contributed by atoms with Gasteiger partial charge in [0.2, 0.25) is 0 Å². The lowest BCUT2D eigenvalue weighted by molar-refractivity contribution is 0.0697. The highest BCUT2D eigenvalue weighted by molar-refractivity contribution is 6.04. The summed E-state index contributed by atoms with van der Waals surface area (Å²) < 4.78 is 0. The highest BCUT2D eigenvalue weighted by atomic mass is 16.4. The Morgan fingerprint density at radius 1 is 1.17 bits per heavy atom. The van der Waals surface area contributed by atoms with Gasteiger partial charge in [-0.2, -0.15) is 0 Å². The number of anilines is 2. The molecule has 0 saturated carbocycles. The standard InChI is InChI=1S/C22H25N5O2/c1-15-5-6-19-17(12-15)20(18(14-24-19)22(28)29)25-13-16-4-3-7-23-21(16)27-10-8-26(2)9-11-27/h3-7,12,14H,8-11,13H2,1-2H3,(H,24,25)(H,28,29). The summed E-state index contributed by atoms with van der Waals surface area (Å²) in [6.07, 6.45) is 3.23. The van der Waals surface area contributed by atoms with E-state index in [1.54, 1.807) is 0 Å². The fourth-order valence-electron chi connectivity index (χ4n) is 3.71. The molecule has 4 rings (SSSR count). The molecule has 1 aliphatic rings. The van der Waals surface area contributed by atoms with Crippen molar-refractivity contribution in [2.75, 3.05) is 43.4 Å². The van der Waals surface area contributed by atoms with Crippen molar-refractivity contribution < 1.29 is 9.90 Å². The van der Waals surface area contributed by atoms with Crippen molar-refractivity contribution in [3.05, 3.63) is 59.4 Å². The van der Waals surface area contributed by atoms with E-state index in [-0.39, 0.29) is 5.56 Å². The van der Waals surface area contributed by atoms with Gasteiger partial charge in [-0.05, 0) is 32.2 Å². The Hall–Kier alpha value is -3.19. The zero-order valence-electron chi connectivity index (χ0n) is 16.7. The van der Waals surface area contributed by atoms with Gasteiger partial charge in [0, 0.05) is 56.1 Å². The summed E-state index contributed by atoms with van der Waals surface area (Å²) in [5.74, 6) is -0.0339. The molecular formula is C22H25N5O2. The van der Waals surface area contributed by atoms with Crippen LogP contribution in [0.3, 0.4) is 0 Å². The van der Waals surface area contributed by atoms with E-state index >= 15 is 0 Å². The van der Waals surface area contributed by atoms with E-state index in [1.807, 2.05) is 43.5 Å². The molecule has 0 amide bonds. The monoisotopic (exact) mass is 391 g/mol.